The number of aryl methyl sites for hydroxylation is 1. The number of nitrogens with one attached hydrogen (secondary N) is 1. The number of aromatic nitrogens is 2. The molecule has 0 aliphatic carbocycles. The van der Waals surface area contributed by atoms with E-state index in [0.717, 1.165) is 0 Å². The number of halogens is 2. The van der Waals surface area contributed by atoms with Gasteiger partial charge in [-0.15, -0.1) is 0 Å². The first kappa shape index (κ1) is 16.3. The number of esters is 1. The van der Waals surface area contributed by atoms with Crippen molar-refractivity contribution in [2.45, 2.75) is 6.04 Å². The van der Waals surface area contributed by atoms with Crippen molar-refractivity contribution in [1.82, 2.24) is 15.1 Å². The molecular formula is C14H13Cl2N3O3. The van der Waals surface area contributed by atoms with Crippen molar-refractivity contribution in [3.8, 4) is 0 Å². The quantitative estimate of drug-likeness (QED) is 0.866. The molecule has 0 aliphatic heterocycles. The van der Waals surface area contributed by atoms with E-state index in [2.05, 4.69) is 10.4 Å². The van der Waals surface area contributed by atoms with Crippen LogP contribution in [-0.2, 0) is 16.6 Å². The predicted octanol–water partition coefficient (Wildman–Crippen LogP) is 2.37. The fourth-order valence-corrected chi connectivity index (χ4v) is 2.44. The minimum atomic E-state index is -1.04. The van der Waals surface area contributed by atoms with Gasteiger partial charge in [-0.25, -0.2) is 4.79 Å². The Balaban J connectivity index is 2.33. The molecule has 1 heterocycles. The van der Waals surface area contributed by atoms with Gasteiger partial charge in [0.15, 0.2) is 6.04 Å². The summed E-state index contributed by atoms with van der Waals surface area (Å²) in [5.41, 5.74) is 0.701. The van der Waals surface area contributed by atoms with Gasteiger partial charge in [-0.2, -0.15) is 5.10 Å². The van der Waals surface area contributed by atoms with Gasteiger partial charge in [0, 0.05) is 28.9 Å². The summed E-state index contributed by atoms with van der Waals surface area (Å²) in [6, 6.07) is 5.12. The van der Waals surface area contributed by atoms with Gasteiger partial charge in [0.1, 0.15) is 5.69 Å². The third-order valence-electron chi connectivity index (χ3n) is 3.04. The molecule has 1 aromatic carbocycles. The van der Waals surface area contributed by atoms with Crippen LogP contribution in [0.5, 0.6) is 0 Å². The normalized spacial score (nSPS) is 11.8. The van der Waals surface area contributed by atoms with Crippen LogP contribution in [0.4, 0.5) is 0 Å². The molecule has 0 saturated carbocycles. The van der Waals surface area contributed by atoms with Crippen LogP contribution in [-0.4, -0.2) is 28.8 Å². The monoisotopic (exact) mass is 341 g/mol. The number of hydrogen-bond acceptors (Lipinski definition) is 4. The van der Waals surface area contributed by atoms with Crippen molar-refractivity contribution in [3.05, 3.63) is 51.8 Å². The first-order valence-electron chi connectivity index (χ1n) is 6.25. The van der Waals surface area contributed by atoms with Gasteiger partial charge in [-0.1, -0.05) is 29.3 Å². The highest BCUT2D eigenvalue weighted by molar-refractivity contribution is 6.35. The topological polar surface area (TPSA) is 73.2 Å². The van der Waals surface area contributed by atoms with Gasteiger partial charge >= 0.3 is 5.97 Å². The number of amides is 1. The number of benzene rings is 1. The number of methoxy groups -OCH3 is 1. The Labute approximate surface area is 137 Å². The lowest BCUT2D eigenvalue weighted by Crippen LogP contribution is -2.35. The largest absolute Gasteiger partial charge is 0.467 e. The van der Waals surface area contributed by atoms with Crippen LogP contribution in [0.3, 0.4) is 0 Å². The molecule has 1 N–H and O–H groups in total. The lowest BCUT2D eigenvalue weighted by Gasteiger charge is -2.18. The van der Waals surface area contributed by atoms with E-state index in [1.54, 1.807) is 19.2 Å². The third-order valence-corrected chi connectivity index (χ3v) is 3.60. The molecule has 1 unspecified atom stereocenters. The highest BCUT2D eigenvalue weighted by atomic mass is 35.5. The van der Waals surface area contributed by atoms with Gasteiger partial charge in [0.05, 0.1) is 7.11 Å². The number of ether oxygens (including phenoxy) is 1. The number of rotatable bonds is 4. The van der Waals surface area contributed by atoms with Gasteiger partial charge < -0.3 is 10.1 Å². The van der Waals surface area contributed by atoms with E-state index < -0.39 is 17.9 Å². The first-order valence-corrected chi connectivity index (χ1v) is 7.01. The Kier molecular flexibility index (Phi) is 5.05. The molecule has 0 bridgehead atoms. The molecule has 0 saturated heterocycles. The highest BCUT2D eigenvalue weighted by Crippen LogP contribution is 2.27. The van der Waals surface area contributed by atoms with Crippen molar-refractivity contribution in [3.63, 3.8) is 0 Å². The molecule has 2 rings (SSSR count). The molecule has 116 valence electrons. The second-order valence-electron chi connectivity index (χ2n) is 4.44. The van der Waals surface area contributed by atoms with Crippen LogP contribution in [0.25, 0.3) is 0 Å². The van der Waals surface area contributed by atoms with E-state index in [1.165, 1.54) is 30.1 Å². The maximum absolute atomic E-state index is 12.3. The van der Waals surface area contributed by atoms with Gasteiger partial charge in [0.2, 0.25) is 0 Å². The standard InChI is InChI=1S/C14H13Cl2N3O3/c1-19-11(5-6-17-19)13(20)18-12(14(21)22-2)9-4-3-8(15)7-10(9)16/h3-7,12H,1-2H3,(H,18,20). The van der Waals surface area contributed by atoms with E-state index in [4.69, 9.17) is 27.9 Å². The van der Waals surface area contributed by atoms with Crippen LogP contribution in [0, 0.1) is 0 Å². The zero-order chi connectivity index (χ0) is 16.3. The summed E-state index contributed by atoms with van der Waals surface area (Å²) in [5, 5.41) is 7.18. The Morgan fingerprint density at radius 2 is 2.05 bits per heavy atom. The molecule has 1 atom stereocenters. The summed E-state index contributed by atoms with van der Waals surface area (Å²) >= 11 is 11.9. The van der Waals surface area contributed by atoms with Gasteiger partial charge in [-0.05, 0) is 18.2 Å². The summed E-state index contributed by atoms with van der Waals surface area (Å²) in [6.45, 7) is 0. The second-order valence-corrected chi connectivity index (χ2v) is 5.28. The maximum Gasteiger partial charge on any atom is 0.333 e. The molecule has 0 fully saturated rings. The molecule has 0 radical (unpaired) electrons. The maximum atomic E-state index is 12.3. The lowest BCUT2D eigenvalue weighted by molar-refractivity contribution is -0.143. The van der Waals surface area contributed by atoms with Crippen LogP contribution in [0.1, 0.15) is 22.1 Å². The summed E-state index contributed by atoms with van der Waals surface area (Å²) < 4.78 is 6.13. The SMILES string of the molecule is COC(=O)C(NC(=O)c1ccnn1C)c1ccc(Cl)cc1Cl. The number of hydrogen-bond donors (Lipinski definition) is 1. The smallest absolute Gasteiger partial charge is 0.333 e. The molecule has 1 aromatic heterocycles. The third kappa shape index (κ3) is 3.40. The second kappa shape index (κ2) is 6.81. The van der Waals surface area contributed by atoms with E-state index in [-0.39, 0.29) is 5.02 Å². The Hall–Kier alpha value is -2.05. The number of carbonyl (C=O) groups excluding carboxylic acids is 2. The zero-order valence-corrected chi connectivity index (χ0v) is 13.4. The van der Waals surface area contributed by atoms with Crippen molar-refractivity contribution in [2.75, 3.05) is 7.11 Å². The van der Waals surface area contributed by atoms with E-state index in [0.29, 0.717) is 16.3 Å². The minimum absolute atomic E-state index is 0.258. The summed E-state index contributed by atoms with van der Waals surface area (Å²) in [6.07, 6.45) is 1.48. The Morgan fingerprint density at radius 3 is 2.59 bits per heavy atom. The van der Waals surface area contributed by atoms with E-state index >= 15 is 0 Å². The Bertz CT molecular complexity index is 715. The summed E-state index contributed by atoms with van der Waals surface area (Å²) in [5.74, 6) is -1.11. The fraction of sp³-hybridized carbons (Fsp3) is 0.214. The average Bonchev–Trinajstić information content (AvgIpc) is 2.90. The van der Waals surface area contributed by atoms with E-state index in [9.17, 15) is 9.59 Å². The molecule has 6 nitrogen and oxygen atoms in total. The van der Waals surface area contributed by atoms with Crippen molar-refractivity contribution >= 4 is 35.1 Å². The number of nitrogens with zero attached hydrogens (tertiary/aromatic N) is 2. The van der Waals surface area contributed by atoms with E-state index in [1.807, 2.05) is 0 Å². The van der Waals surface area contributed by atoms with Crippen LogP contribution in [0.15, 0.2) is 30.5 Å². The molecule has 0 aliphatic rings. The lowest BCUT2D eigenvalue weighted by atomic mass is 10.1. The zero-order valence-electron chi connectivity index (χ0n) is 11.8. The molecule has 1 amide bonds. The molecule has 22 heavy (non-hydrogen) atoms. The summed E-state index contributed by atoms with van der Waals surface area (Å²) in [7, 11) is 2.85. The summed E-state index contributed by atoms with van der Waals surface area (Å²) in [4.78, 5) is 24.2. The average molecular weight is 342 g/mol. The molecule has 0 spiro atoms. The number of carbonyl (C=O) groups is 2. The molecule has 2 aromatic rings. The molecular weight excluding hydrogens is 329 g/mol. The molecule has 8 heteroatoms. The van der Waals surface area contributed by atoms with Crippen LogP contribution >= 0.6 is 23.2 Å². The van der Waals surface area contributed by atoms with Crippen molar-refractivity contribution < 1.29 is 14.3 Å². The van der Waals surface area contributed by atoms with Crippen molar-refractivity contribution in [1.29, 1.82) is 0 Å². The van der Waals surface area contributed by atoms with Gasteiger partial charge in [-0.3, -0.25) is 9.48 Å². The first-order chi connectivity index (χ1) is 10.4. The van der Waals surface area contributed by atoms with Crippen LogP contribution in [0.2, 0.25) is 10.0 Å². The Morgan fingerprint density at radius 1 is 1.32 bits per heavy atom. The predicted molar refractivity (Wildman–Crippen MR) is 81.9 cm³/mol. The minimum Gasteiger partial charge on any atom is -0.467 e. The van der Waals surface area contributed by atoms with Crippen LogP contribution < -0.4 is 5.32 Å². The van der Waals surface area contributed by atoms with Crippen molar-refractivity contribution in [2.24, 2.45) is 7.05 Å². The highest BCUT2D eigenvalue weighted by Gasteiger charge is 2.27. The fourth-order valence-electron chi connectivity index (χ4n) is 1.92. The van der Waals surface area contributed by atoms with Gasteiger partial charge in [0.25, 0.3) is 5.91 Å².